The second-order valence-corrected chi connectivity index (χ2v) is 6.49. The first-order valence-corrected chi connectivity index (χ1v) is 7.46. The van der Waals surface area contributed by atoms with E-state index in [0.29, 0.717) is 0 Å². The molecule has 0 unspecified atom stereocenters. The number of ether oxygens (including phenoxy) is 1. The number of imide groups is 1. The van der Waals surface area contributed by atoms with E-state index in [0.717, 1.165) is 16.5 Å². The summed E-state index contributed by atoms with van der Waals surface area (Å²) in [5, 5.41) is 1.12. The number of aromatic nitrogens is 1. The molecule has 1 fully saturated rings. The van der Waals surface area contributed by atoms with E-state index < -0.39 is 11.6 Å². The van der Waals surface area contributed by atoms with Gasteiger partial charge < -0.3 is 9.72 Å². The van der Waals surface area contributed by atoms with Crippen molar-refractivity contribution in [3.8, 4) is 0 Å². The summed E-state index contributed by atoms with van der Waals surface area (Å²) in [6.07, 6.45) is 1.68. The molecule has 22 heavy (non-hydrogen) atoms. The molecule has 116 valence electrons. The summed E-state index contributed by atoms with van der Waals surface area (Å²) in [5.41, 5.74) is 1.57. The Morgan fingerprint density at radius 1 is 1.41 bits per heavy atom. The molecule has 5 heteroatoms. The van der Waals surface area contributed by atoms with Gasteiger partial charge in [0.25, 0.3) is 0 Å². The number of benzene rings is 1. The Bertz CT molecular complexity index is 732. The van der Waals surface area contributed by atoms with Gasteiger partial charge in [0, 0.05) is 23.5 Å². The third kappa shape index (κ3) is 2.36. The van der Waals surface area contributed by atoms with Crippen molar-refractivity contribution in [1.29, 1.82) is 0 Å². The van der Waals surface area contributed by atoms with Gasteiger partial charge in [-0.1, -0.05) is 25.1 Å². The summed E-state index contributed by atoms with van der Waals surface area (Å²) in [6, 6.07) is 8.00. The maximum absolute atomic E-state index is 12.5. The second-order valence-electron chi connectivity index (χ2n) is 6.49. The number of carbonyl (C=O) groups is 2. The van der Waals surface area contributed by atoms with E-state index in [4.69, 9.17) is 4.74 Å². The van der Waals surface area contributed by atoms with Gasteiger partial charge in [-0.15, -0.1) is 0 Å². The Morgan fingerprint density at radius 2 is 2.14 bits per heavy atom. The van der Waals surface area contributed by atoms with Crippen molar-refractivity contribution in [2.24, 2.45) is 0 Å². The van der Waals surface area contributed by atoms with E-state index in [1.165, 1.54) is 4.90 Å². The number of hydrogen-bond donors (Lipinski definition) is 1. The molecule has 1 aliphatic rings. The van der Waals surface area contributed by atoms with E-state index in [-0.39, 0.29) is 24.9 Å². The average Bonchev–Trinajstić information content (AvgIpc) is 2.99. The van der Waals surface area contributed by atoms with Crippen molar-refractivity contribution >= 4 is 22.9 Å². The van der Waals surface area contributed by atoms with Crippen LogP contribution in [0.4, 0.5) is 4.79 Å². The lowest BCUT2D eigenvalue weighted by molar-refractivity contribution is -0.131. The fourth-order valence-electron chi connectivity index (χ4n) is 3.02. The van der Waals surface area contributed by atoms with Crippen molar-refractivity contribution in [2.75, 3.05) is 6.61 Å². The number of carbonyl (C=O) groups excluding carboxylic acids is 2. The SMILES string of the molecule is C[C@@H](CC(=O)N1C(=O)OCC1(C)C)c1c[nH]c2ccccc12. The highest BCUT2D eigenvalue weighted by molar-refractivity contribution is 5.95. The van der Waals surface area contributed by atoms with Crippen LogP contribution in [0.1, 0.15) is 38.7 Å². The van der Waals surface area contributed by atoms with Crippen molar-refractivity contribution in [2.45, 2.75) is 38.6 Å². The molecular weight excluding hydrogens is 280 g/mol. The van der Waals surface area contributed by atoms with E-state index in [2.05, 4.69) is 4.98 Å². The predicted octanol–water partition coefficient (Wildman–Crippen LogP) is 3.42. The number of nitrogens with zero attached hydrogens (tertiary/aromatic N) is 1. The first-order chi connectivity index (χ1) is 10.4. The van der Waals surface area contributed by atoms with Crippen LogP contribution in [0.5, 0.6) is 0 Å². The maximum Gasteiger partial charge on any atom is 0.417 e. The quantitative estimate of drug-likeness (QED) is 0.944. The molecule has 1 aliphatic heterocycles. The van der Waals surface area contributed by atoms with Crippen LogP contribution in [0.15, 0.2) is 30.5 Å². The number of nitrogens with one attached hydrogen (secondary N) is 1. The molecular formula is C17H20N2O3. The van der Waals surface area contributed by atoms with E-state index >= 15 is 0 Å². The van der Waals surface area contributed by atoms with Crippen LogP contribution in [0, 0.1) is 0 Å². The highest BCUT2D eigenvalue weighted by Crippen LogP contribution is 2.30. The normalized spacial score (nSPS) is 18.5. The van der Waals surface area contributed by atoms with Gasteiger partial charge in [-0.05, 0) is 31.4 Å². The molecule has 5 nitrogen and oxygen atoms in total. The van der Waals surface area contributed by atoms with Crippen molar-refractivity contribution in [1.82, 2.24) is 9.88 Å². The summed E-state index contributed by atoms with van der Waals surface area (Å²) >= 11 is 0. The Morgan fingerprint density at radius 3 is 2.82 bits per heavy atom. The van der Waals surface area contributed by atoms with Gasteiger partial charge in [0.15, 0.2) is 0 Å². The summed E-state index contributed by atoms with van der Waals surface area (Å²) < 4.78 is 5.00. The number of rotatable bonds is 3. The van der Waals surface area contributed by atoms with Crippen molar-refractivity contribution in [3.63, 3.8) is 0 Å². The largest absolute Gasteiger partial charge is 0.447 e. The number of cyclic esters (lactones) is 1. The zero-order valence-corrected chi connectivity index (χ0v) is 13.1. The Labute approximate surface area is 129 Å². The number of aromatic amines is 1. The molecule has 2 heterocycles. The van der Waals surface area contributed by atoms with Gasteiger partial charge in [-0.2, -0.15) is 0 Å². The first-order valence-electron chi connectivity index (χ1n) is 7.46. The zero-order valence-electron chi connectivity index (χ0n) is 13.1. The third-order valence-electron chi connectivity index (χ3n) is 4.22. The van der Waals surface area contributed by atoms with Gasteiger partial charge >= 0.3 is 6.09 Å². The second kappa shape index (κ2) is 5.16. The monoisotopic (exact) mass is 300 g/mol. The molecule has 3 rings (SSSR count). The van der Waals surface area contributed by atoms with Crippen molar-refractivity contribution < 1.29 is 14.3 Å². The molecule has 0 spiro atoms. The minimum Gasteiger partial charge on any atom is -0.447 e. The minimum atomic E-state index is -0.575. The van der Waals surface area contributed by atoms with Crippen LogP contribution in [0.3, 0.4) is 0 Å². The molecule has 2 aromatic rings. The topological polar surface area (TPSA) is 62.4 Å². The Kier molecular flexibility index (Phi) is 3.43. The molecule has 1 saturated heterocycles. The smallest absolute Gasteiger partial charge is 0.417 e. The van der Waals surface area contributed by atoms with Gasteiger partial charge in [0.2, 0.25) is 5.91 Å². The summed E-state index contributed by atoms with van der Waals surface area (Å²) in [4.78, 5) is 28.8. The number of fused-ring (bicyclic) bond motifs is 1. The average molecular weight is 300 g/mol. The van der Waals surface area contributed by atoms with Gasteiger partial charge in [-0.3, -0.25) is 4.79 Å². The van der Waals surface area contributed by atoms with E-state index in [1.54, 1.807) is 0 Å². The highest BCUT2D eigenvalue weighted by atomic mass is 16.6. The molecule has 0 aliphatic carbocycles. The molecule has 1 aromatic carbocycles. The number of amides is 2. The molecule has 2 amide bonds. The van der Waals surface area contributed by atoms with E-state index in [1.807, 2.05) is 51.2 Å². The first kappa shape index (κ1) is 14.6. The fraction of sp³-hybridized carbons (Fsp3) is 0.412. The van der Waals surface area contributed by atoms with Gasteiger partial charge in [0.1, 0.15) is 6.61 Å². The highest BCUT2D eigenvalue weighted by Gasteiger charge is 2.44. The zero-order chi connectivity index (χ0) is 15.9. The summed E-state index contributed by atoms with van der Waals surface area (Å²) in [6.45, 7) is 5.93. The molecule has 0 radical (unpaired) electrons. The molecule has 0 bridgehead atoms. The Hall–Kier alpha value is -2.30. The lowest BCUT2D eigenvalue weighted by Gasteiger charge is -2.26. The minimum absolute atomic E-state index is 0.0212. The summed E-state index contributed by atoms with van der Waals surface area (Å²) in [7, 11) is 0. The molecule has 1 atom stereocenters. The van der Waals surface area contributed by atoms with Crippen LogP contribution in [0.25, 0.3) is 10.9 Å². The maximum atomic E-state index is 12.5. The third-order valence-corrected chi connectivity index (χ3v) is 4.22. The predicted molar refractivity (Wildman–Crippen MR) is 83.6 cm³/mol. The van der Waals surface area contributed by atoms with Crippen LogP contribution in [0.2, 0.25) is 0 Å². The lowest BCUT2D eigenvalue weighted by Crippen LogP contribution is -2.46. The van der Waals surface area contributed by atoms with Crippen LogP contribution in [-0.4, -0.2) is 34.0 Å². The number of para-hydroxylation sites is 1. The van der Waals surface area contributed by atoms with Crippen LogP contribution in [-0.2, 0) is 9.53 Å². The standard InChI is InChI=1S/C17H20N2O3/c1-11(13-9-18-14-7-5-4-6-12(13)14)8-15(20)19-16(21)22-10-17(19,2)3/h4-7,9,11,18H,8,10H2,1-3H3/t11-/m0/s1. The van der Waals surface area contributed by atoms with Gasteiger partial charge in [-0.25, -0.2) is 9.69 Å². The number of hydrogen-bond acceptors (Lipinski definition) is 3. The van der Waals surface area contributed by atoms with Gasteiger partial charge in [0.05, 0.1) is 5.54 Å². The molecule has 0 saturated carbocycles. The molecule has 1 aromatic heterocycles. The lowest BCUT2D eigenvalue weighted by atomic mass is 9.95. The van der Waals surface area contributed by atoms with Crippen LogP contribution < -0.4 is 0 Å². The van der Waals surface area contributed by atoms with Crippen LogP contribution >= 0.6 is 0 Å². The van der Waals surface area contributed by atoms with Crippen molar-refractivity contribution in [3.05, 3.63) is 36.0 Å². The molecule has 1 N–H and O–H groups in total. The number of H-pyrrole nitrogens is 1. The summed E-state index contributed by atoms with van der Waals surface area (Å²) in [5.74, 6) is -0.168. The Balaban J connectivity index is 1.81. The fourth-order valence-corrected chi connectivity index (χ4v) is 3.02. The van der Waals surface area contributed by atoms with E-state index in [9.17, 15) is 9.59 Å².